The van der Waals surface area contributed by atoms with E-state index < -0.39 is 0 Å². The zero-order valence-corrected chi connectivity index (χ0v) is 14.1. The molecule has 1 aromatic heterocycles. The fourth-order valence-electron chi connectivity index (χ4n) is 2.76. The molecule has 3 rings (SSSR count). The highest BCUT2D eigenvalue weighted by Crippen LogP contribution is 2.14. The Morgan fingerprint density at radius 1 is 1.20 bits per heavy atom. The van der Waals surface area contributed by atoms with Gasteiger partial charge in [0.25, 0.3) is 5.56 Å². The first-order valence-electron chi connectivity index (χ1n) is 8.20. The molecule has 2 aromatic carbocycles. The van der Waals surface area contributed by atoms with Gasteiger partial charge in [0.15, 0.2) is 0 Å². The van der Waals surface area contributed by atoms with Crippen LogP contribution in [0.1, 0.15) is 5.56 Å². The van der Waals surface area contributed by atoms with Gasteiger partial charge in [-0.2, -0.15) is 0 Å². The number of aliphatic hydroxyl groups excluding tert-OH is 1. The summed E-state index contributed by atoms with van der Waals surface area (Å²) < 4.78 is 6.71. The molecule has 0 spiro atoms. The van der Waals surface area contributed by atoms with Crippen LogP contribution in [-0.4, -0.2) is 34.9 Å². The van der Waals surface area contributed by atoms with E-state index in [0.717, 1.165) is 17.7 Å². The van der Waals surface area contributed by atoms with E-state index in [1.807, 2.05) is 42.5 Å². The second kappa shape index (κ2) is 7.81. The van der Waals surface area contributed by atoms with Crippen LogP contribution in [0.3, 0.4) is 0 Å². The molecule has 25 heavy (non-hydrogen) atoms. The molecular formula is C19H21N3O3. The lowest BCUT2D eigenvalue weighted by Gasteiger charge is -2.14. The molecule has 0 bridgehead atoms. The lowest BCUT2D eigenvalue weighted by Crippen LogP contribution is -2.27. The molecule has 1 heterocycles. The fourth-order valence-corrected chi connectivity index (χ4v) is 2.76. The molecule has 0 amide bonds. The van der Waals surface area contributed by atoms with E-state index in [0.29, 0.717) is 23.4 Å². The summed E-state index contributed by atoms with van der Waals surface area (Å²) in [6.07, 6.45) is 0.763. The largest absolute Gasteiger partial charge is 0.497 e. The third-order valence-corrected chi connectivity index (χ3v) is 4.02. The van der Waals surface area contributed by atoms with Crippen molar-refractivity contribution in [1.29, 1.82) is 0 Å². The molecule has 6 nitrogen and oxygen atoms in total. The second-order valence-electron chi connectivity index (χ2n) is 5.66. The number of aromatic nitrogens is 2. The lowest BCUT2D eigenvalue weighted by atomic mass is 10.1. The molecule has 0 aliphatic rings. The van der Waals surface area contributed by atoms with Crippen LogP contribution in [0.5, 0.6) is 5.75 Å². The Bertz CT molecular complexity index is 921. The molecule has 2 N–H and O–H groups in total. The van der Waals surface area contributed by atoms with Crippen molar-refractivity contribution in [3.63, 3.8) is 0 Å². The average molecular weight is 339 g/mol. The number of hydrogen-bond donors (Lipinski definition) is 2. The van der Waals surface area contributed by atoms with Gasteiger partial charge in [-0.1, -0.05) is 24.3 Å². The number of nitrogens with one attached hydrogen (secondary N) is 1. The summed E-state index contributed by atoms with van der Waals surface area (Å²) in [5, 5.41) is 13.0. The van der Waals surface area contributed by atoms with Crippen LogP contribution in [0, 0.1) is 0 Å². The number of ether oxygens (including phenoxy) is 1. The molecule has 0 atom stereocenters. The van der Waals surface area contributed by atoms with Gasteiger partial charge in [-0.05, 0) is 36.2 Å². The molecule has 6 heteroatoms. The third kappa shape index (κ3) is 3.80. The van der Waals surface area contributed by atoms with Gasteiger partial charge in [0.2, 0.25) is 5.95 Å². The average Bonchev–Trinajstić information content (AvgIpc) is 2.65. The van der Waals surface area contributed by atoms with Crippen molar-refractivity contribution in [3.05, 3.63) is 64.4 Å². The van der Waals surface area contributed by atoms with E-state index in [4.69, 9.17) is 4.74 Å². The number of fused-ring (bicyclic) bond motifs is 1. The van der Waals surface area contributed by atoms with Crippen molar-refractivity contribution in [2.24, 2.45) is 0 Å². The van der Waals surface area contributed by atoms with Crippen LogP contribution in [0.2, 0.25) is 0 Å². The molecule has 0 unspecified atom stereocenters. The molecule has 130 valence electrons. The minimum Gasteiger partial charge on any atom is -0.497 e. The van der Waals surface area contributed by atoms with Crippen molar-refractivity contribution >= 4 is 16.9 Å². The SMILES string of the molecule is COc1cccc(CCNc2nc3ccccc3c(=O)n2CCO)c1. The summed E-state index contributed by atoms with van der Waals surface area (Å²) in [5.41, 5.74) is 1.62. The lowest BCUT2D eigenvalue weighted by molar-refractivity contribution is 0.275. The normalized spacial score (nSPS) is 10.8. The molecule has 0 radical (unpaired) electrons. The van der Waals surface area contributed by atoms with Gasteiger partial charge in [-0.3, -0.25) is 9.36 Å². The van der Waals surface area contributed by atoms with Gasteiger partial charge >= 0.3 is 0 Å². The summed E-state index contributed by atoms with van der Waals surface area (Å²) in [6.45, 7) is 0.700. The Hall–Kier alpha value is -2.86. The van der Waals surface area contributed by atoms with E-state index in [1.165, 1.54) is 4.57 Å². The molecule has 0 fully saturated rings. The van der Waals surface area contributed by atoms with Crippen molar-refractivity contribution in [2.75, 3.05) is 25.6 Å². The van der Waals surface area contributed by atoms with Gasteiger partial charge in [-0.25, -0.2) is 4.98 Å². The predicted octanol–water partition coefficient (Wildman–Crippen LogP) is 2.05. The summed E-state index contributed by atoms with van der Waals surface area (Å²) in [7, 11) is 1.64. The van der Waals surface area contributed by atoms with Crippen molar-refractivity contribution < 1.29 is 9.84 Å². The number of anilines is 1. The number of aliphatic hydroxyl groups is 1. The van der Waals surface area contributed by atoms with Crippen molar-refractivity contribution in [1.82, 2.24) is 9.55 Å². The van der Waals surface area contributed by atoms with E-state index in [2.05, 4.69) is 10.3 Å². The smallest absolute Gasteiger partial charge is 0.262 e. The van der Waals surface area contributed by atoms with Crippen LogP contribution in [0.15, 0.2) is 53.3 Å². The first kappa shape index (κ1) is 17.0. The Kier molecular flexibility index (Phi) is 5.30. The Morgan fingerprint density at radius 3 is 2.84 bits per heavy atom. The highest BCUT2D eigenvalue weighted by Gasteiger charge is 2.10. The number of para-hydroxylation sites is 1. The Labute approximate surface area is 145 Å². The topological polar surface area (TPSA) is 76.4 Å². The quantitative estimate of drug-likeness (QED) is 0.689. The van der Waals surface area contributed by atoms with Crippen molar-refractivity contribution in [2.45, 2.75) is 13.0 Å². The number of benzene rings is 2. The van der Waals surface area contributed by atoms with Gasteiger partial charge in [0, 0.05) is 6.54 Å². The van der Waals surface area contributed by atoms with Crippen LogP contribution in [-0.2, 0) is 13.0 Å². The highest BCUT2D eigenvalue weighted by molar-refractivity contribution is 5.78. The first-order valence-corrected chi connectivity index (χ1v) is 8.20. The zero-order chi connectivity index (χ0) is 17.6. The minimum atomic E-state index is -0.150. The maximum atomic E-state index is 12.6. The summed E-state index contributed by atoms with van der Waals surface area (Å²) in [5.74, 6) is 1.29. The molecule has 0 saturated heterocycles. The monoisotopic (exact) mass is 339 g/mol. The Morgan fingerprint density at radius 2 is 2.04 bits per heavy atom. The van der Waals surface area contributed by atoms with Crippen LogP contribution < -0.4 is 15.6 Å². The maximum Gasteiger partial charge on any atom is 0.262 e. The summed E-state index contributed by atoms with van der Waals surface area (Å²) in [6, 6.07) is 15.1. The standard InChI is InChI=1S/C19H21N3O3/c1-25-15-6-4-5-14(13-15)9-10-20-19-21-17-8-3-2-7-16(17)18(24)22(19)11-12-23/h2-8,13,23H,9-12H2,1H3,(H,20,21). The highest BCUT2D eigenvalue weighted by atomic mass is 16.5. The fraction of sp³-hybridized carbons (Fsp3) is 0.263. The number of hydrogen-bond acceptors (Lipinski definition) is 5. The van der Waals surface area contributed by atoms with Gasteiger partial charge in [0.1, 0.15) is 5.75 Å². The number of methoxy groups -OCH3 is 1. The number of rotatable bonds is 7. The van der Waals surface area contributed by atoms with Crippen LogP contribution in [0.4, 0.5) is 5.95 Å². The van der Waals surface area contributed by atoms with E-state index in [9.17, 15) is 9.90 Å². The third-order valence-electron chi connectivity index (χ3n) is 4.02. The second-order valence-corrected chi connectivity index (χ2v) is 5.66. The van der Waals surface area contributed by atoms with E-state index in [-0.39, 0.29) is 18.7 Å². The molecule has 0 aliphatic heterocycles. The predicted molar refractivity (Wildman–Crippen MR) is 98.3 cm³/mol. The summed E-state index contributed by atoms with van der Waals surface area (Å²) in [4.78, 5) is 17.1. The molecule has 0 aliphatic carbocycles. The molecular weight excluding hydrogens is 318 g/mol. The maximum absolute atomic E-state index is 12.6. The molecule has 3 aromatic rings. The minimum absolute atomic E-state index is 0.121. The van der Waals surface area contributed by atoms with Crippen LogP contribution in [0.25, 0.3) is 10.9 Å². The molecule has 0 saturated carbocycles. The van der Waals surface area contributed by atoms with Gasteiger partial charge in [0.05, 0.1) is 31.2 Å². The van der Waals surface area contributed by atoms with Crippen LogP contribution >= 0.6 is 0 Å². The Balaban J connectivity index is 1.82. The summed E-state index contributed by atoms with van der Waals surface area (Å²) >= 11 is 0. The van der Waals surface area contributed by atoms with Gasteiger partial charge in [-0.15, -0.1) is 0 Å². The van der Waals surface area contributed by atoms with E-state index >= 15 is 0 Å². The van der Waals surface area contributed by atoms with Crippen molar-refractivity contribution in [3.8, 4) is 5.75 Å². The van der Waals surface area contributed by atoms with Gasteiger partial charge < -0.3 is 15.2 Å². The number of nitrogens with zero attached hydrogens (tertiary/aromatic N) is 2. The zero-order valence-electron chi connectivity index (χ0n) is 14.1. The van der Waals surface area contributed by atoms with E-state index in [1.54, 1.807) is 13.2 Å². The first-order chi connectivity index (χ1) is 12.2.